The number of ketones is 1. The Balaban J connectivity index is 1.90. The topological polar surface area (TPSA) is 40.6 Å². The van der Waals surface area contributed by atoms with Gasteiger partial charge in [0.05, 0.1) is 0 Å². The molecule has 0 saturated carbocycles. The van der Waals surface area contributed by atoms with Crippen molar-refractivity contribution in [2.24, 2.45) is 5.92 Å². The first-order chi connectivity index (χ1) is 8.88. The van der Waals surface area contributed by atoms with Crippen LogP contribution in [0.15, 0.2) is 0 Å². The Hall–Kier alpha value is -0.900. The second-order valence-corrected chi connectivity index (χ2v) is 6.77. The van der Waals surface area contributed by atoms with E-state index in [1.807, 2.05) is 18.7 Å². The van der Waals surface area contributed by atoms with Crippen LogP contribution < -0.4 is 0 Å². The smallest absolute Gasteiger partial charge is 0.223 e. The summed E-state index contributed by atoms with van der Waals surface area (Å²) in [5.41, 5.74) is -0.294. The molecule has 0 aromatic rings. The molecule has 1 amide bonds. The maximum absolute atomic E-state index is 12.5. The summed E-state index contributed by atoms with van der Waals surface area (Å²) in [6.45, 7) is 6.82. The van der Waals surface area contributed by atoms with Crippen LogP contribution in [-0.2, 0) is 9.59 Å². The number of nitrogens with zero attached hydrogens (tertiary/aromatic N) is 2. The molecule has 4 nitrogen and oxygen atoms in total. The zero-order chi connectivity index (χ0) is 14.0. The van der Waals surface area contributed by atoms with Gasteiger partial charge in [0.2, 0.25) is 5.91 Å². The number of likely N-dealkylation sites (tertiary alicyclic amines) is 2. The van der Waals surface area contributed by atoms with Crippen molar-refractivity contribution >= 4 is 11.7 Å². The highest BCUT2D eigenvalue weighted by Gasteiger charge is 2.37. The maximum atomic E-state index is 12.5. The average molecular weight is 266 g/mol. The molecule has 2 heterocycles. The highest BCUT2D eigenvalue weighted by atomic mass is 16.2. The summed E-state index contributed by atoms with van der Waals surface area (Å²) in [6.07, 6.45) is 3.94. The fraction of sp³-hybridized carbons (Fsp3) is 0.867. The molecular formula is C15H26N2O2. The van der Waals surface area contributed by atoms with E-state index in [9.17, 15) is 9.59 Å². The molecule has 2 aliphatic heterocycles. The third-order valence-electron chi connectivity index (χ3n) is 4.58. The van der Waals surface area contributed by atoms with Crippen molar-refractivity contribution in [2.45, 2.75) is 51.5 Å². The lowest BCUT2D eigenvalue weighted by atomic mass is 9.87. The largest absolute Gasteiger partial charge is 0.337 e. The monoisotopic (exact) mass is 266 g/mol. The van der Waals surface area contributed by atoms with Crippen LogP contribution in [0.2, 0.25) is 0 Å². The summed E-state index contributed by atoms with van der Waals surface area (Å²) in [7, 11) is 2.14. The van der Waals surface area contributed by atoms with E-state index in [0.29, 0.717) is 31.7 Å². The van der Waals surface area contributed by atoms with Gasteiger partial charge < -0.3 is 9.80 Å². The molecule has 2 saturated heterocycles. The van der Waals surface area contributed by atoms with Crippen LogP contribution in [0.1, 0.15) is 46.0 Å². The molecule has 2 aliphatic rings. The van der Waals surface area contributed by atoms with Gasteiger partial charge in [-0.1, -0.05) is 0 Å². The first-order valence-electron chi connectivity index (χ1n) is 7.39. The quantitative estimate of drug-likeness (QED) is 0.763. The van der Waals surface area contributed by atoms with E-state index in [0.717, 1.165) is 25.9 Å². The summed E-state index contributed by atoms with van der Waals surface area (Å²) < 4.78 is 0. The van der Waals surface area contributed by atoms with Crippen LogP contribution in [0, 0.1) is 5.92 Å². The van der Waals surface area contributed by atoms with Crippen LogP contribution in [0.5, 0.6) is 0 Å². The molecule has 0 N–H and O–H groups in total. The Morgan fingerprint density at radius 3 is 2.47 bits per heavy atom. The summed E-state index contributed by atoms with van der Waals surface area (Å²) in [4.78, 5) is 28.3. The van der Waals surface area contributed by atoms with Crippen LogP contribution >= 0.6 is 0 Å². The van der Waals surface area contributed by atoms with Crippen LogP contribution in [-0.4, -0.2) is 53.7 Å². The number of piperidine rings is 2. The molecule has 0 aliphatic carbocycles. The molecular weight excluding hydrogens is 240 g/mol. The Kier molecular flexibility index (Phi) is 4.29. The highest BCUT2D eigenvalue weighted by Crippen LogP contribution is 2.28. The van der Waals surface area contributed by atoms with Gasteiger partial charge in [0.25, 0.3) is 0 Å². The molecule has 0 aromatic heterocycles. The van der Waals surface area contributed by atoms with E-state index in [4.69, 9.17) is 0 Å². The van der Waals surface area contributed by atoms with Crippen molar-refractivity contribution in [2.75, 3.05) is 26.7 Å². The van der Waals surface area contributed by atoms with Gasteiger partial charge in [0.1, 0.15) is 5.78 Å². The van der Waals surface area contributed by atoms with Gasteiger partial charge in [-0.25, -0.2) is 0 Å². The van der Waals surface area contributed by atoms with Crippen molar-refractivity contribution in [3.05, 3.63) is 0 Å². The van der Waals surface area contributed by atoms with E-state index < -0.39 is 0 Å². The summed E-state index contributed by atoms with van der Waals surface area (Å²) in [5.74, 6) is 1.05. The Bertz CT molecular complexity index is 357. The first kappa shape index (κ1) is 14.5. The molecule has 0 spiro atoms. The molecule has 2 fully saturated rings. The molecule has 0 atom stereocenters. The SMILES string of the molecule is CN1CCC(CC(=O)N2CCC(=O)CC2(C)C)CC1. The van der Waals surface area contributed by atoms with Crippen molar-refractivity contribution in [1.82, 2.24) is 9.80 Å². The lowest BCUT2D eigenvalue weighted by Crippen LogP contribution is -2.53. The van der Waals surface area contributed by atoms with Gasteiger partial charge in [0.15, 0.2) is 0 Å². The van der Waals surface area contributed by atoms with Crippen LogP contribution in [0.4, 0.5) is 0 Å². The number of hydrogen-bond acceptors (Lipinski definition) is 3. The fourth-order valence-corrected chi connectivity index (χ4v) is 3.29. The van der Waals surface area contributed by atoms with Gasteiger partial charge in [-0.05, 0) is 52.7 Å². The summed E-state index contributed by atoms with van der Waals surface area (Å²) in [5, 5.41) is 0. The third kappa shape index (κ3) is 3.56. The van der Waals surface area contributed by atoms with E-state index in [1.54, 1.807) is 0 Å². The second-order valence-electron chi connectivity index (χ2n) is 6.77. The van der Waals surface area contributed by atoms with Crippen LogP contribution in [0.3, 0.4) is 0 Å². The Labute approximate surface area is 116 Å². The molecule has 0 bridgehead atoms. The molecule has 4 heteroatoms. The van der Waals surface area contributed by atoms with Gasteiger partial charge >= 0.3 is 0 Å². The average Bonchev–Trinajstić information content (AvgIpc) is 2.30. The van der Waals surface area contributed by atoms with E-state index in [2.05, 4.69) is 11.9 Å². The second kappa shape index (κ2) is 5.61. The zero-order valence-corrected chi connectivity index (χ0v) is 12.4. The molecule has 19 heavy (non-hydrogen) atoms. The summed E-state index contributed by atoms with van der Waals surface area (Å²) in [6, 6.07) is 0. The molecule has 0 aromatic carbocycles. The van der Waals surface area contributed by atoms with Gasteiger partial charge in [-0.15, -0.1) is 0 Å². The van der Waals surface area contributed by atoms with Crippen molar-refractivity contribution in [3.63, 3.8) is 0 Å². The van der Waals surface area contributed by atoms with Crippen molar-refractivity contribution in [1.29, 1.82) is 0 Å². The molecule has 108 valence electrons. The van der Waals surface area contributed by atoms with E-state index in [-0.39, 0.29) is 17.2 Å². The number of carbonyl (C=O) groups is 2. The highest BCUT2D eigenvalue weighted by molar-refractivity contribution is 5.85. The maximum Gasteiger partial charge on any atom is 0.223 e. The number of carbonyl (C=O) groups excluding carboxylic acids is 2. The Morgan fingerprint density at radius 1 is 1.26 bits per heavy atom. The van der Waals surface area contributed by atoms with Gasteiger partial charge in [-0.2, -0.15) is 0 Å². The lowest BCUT2D eigenvalue weighted by Gasteiger charge is -2.42. The minimum atomic E-state index is -0.294. The standard InChI is InChI=1S/C15H26N2O2/c1-15(2)11-13(18)6-9-17(15)14(19)10-12-4-7-16(3)8-5-12/h12H,4-11H2,1-3H3. The van der Waals surface area contributed by atoms with Crippen LogP contribution in [0.25, 0.3) is 0 Å². The predicted molar refractivity (Wildman–Crippen MR) is 74.9 cm³/mol. The lowest BCUT2D eigenvalue weighted by molar-refractivity contribution is -0.143. The number of rotatable bonds is 2. The number of Topliss-reactive ketones (excluding diaryl/α,β-unsaturated/α-hetero) is 1. The molecule has 0 radical (unpaired) electrons. The Morgan fingerprint density at radius 2 is 1.89 bits per heavy atom. The normalized spacial score (nSPS) is 25.6. The van der Waals surface area contributed by atoms with E-state index in [1.165, 1.54) is 0 Å². The van der Waals surface area contributed by atoms with Crippen molar-refractivity contribution in [3.8, 4) is 0 Å². The van der Waals surface area contributed by atoms with Gasteiger partial charge in [-0.3, -0.25) is 9.59 Å². The van der Waals surface area contributed by atoms with Gasteiger partial charge in [0, 0.05) is 31.3 Å². The molecule has 2 rings (SSSR count). The van der Waals surface area contributed by atoms with E-state index >= 15 is 0 Å². The predicted octanol–water partition coefficient (Wildman–Crippen LogP) is 1.69. The fourth-order valence-electron chi connectivity index (χ4n) is 3.29. The first-order valence-corrected chi connectivity index (χ1v) is 7.39. The minimum Gasteiger partial charge on any atom is -0.337 e. The molecule has 0 unspecified atom stereocenters. The zero-order valence-electron chi connectivity index (χ0n) is 12.4. The number of hydrogen-bond donors (Lipinski definition) is 0. The summed E-state index contributed by atoms with van der Waals surface area (Å²) >= 11 is 0. The minimum absolute atomic E-state index is 0.243. The van der Waals surface area contributed by atoms with Crippen molar-refractivity contribution < 1.29 is 9.59 Å². The third-order valence-corrected chi connectivity index (χ3v) is 4.58. The number of amides is 1.